The van der Waals surface area contributed by atoms with Gasteiger partial charge in [0, 0.05) is 0 Å². The highest BCUT2D eigenvalue weighted by Crippen LogP contribution is 2.15. The third kappa shape index (κ3) is 2.91. The van der Waals surface area contributed by atoms with Crippen LogP contribution in [0.1, 0.15) is 5.56 Å². The summed E-state index contributed by atoms with van der Waals surface area (Å²) in [6.45, 7) is 0. The molecule has 1 aromatic rings. The molecule has 5 heteroatoms. The second kappa shape index (κ2) is 4.00. The lowest BCUT2D eigenvalue weighted by atomic mass is 10.2. The number of aliphatic carboxylic acids is 1. The molecule has 64 valence electrons. The minimum absolute atomic E-state index is 0.0136. The Labute approximate surface area is 86.1 Å². The van der Waals surface area contributed by atoms with Crippen molar-refractivity contribution in [1.82, 2.24) is 4.98 Å². The number of carboxylic acids is 1. The van der Waals surface area contributed by atoms with E-state index in [2.05, 4.69) is 36.8 Å². The average molecular weight is 295 g/mol. The molecular weight excluding hydrogens is 290 g/mol. The number of halogens is 2. The minimum Gasteiger partial charge on any atom is -0.481 e. The summed E-state index contributed by atoms with van der Waals surface area (Å²) in [6, 6.07) is 3.36. The third-order valence-electron chi connectivity index (χ3n) is 1.18. The molecule has 1 heterocycles. The molecule has 0 radical (unpaired) electrons. The standard InChI is InChI=1S/C7H5Br2NO2/c8-5-1-4(3-7(11)12)2-6(9)10-5/h1-2H,3H2,(H,11,12). The van der Waals surface area contributed by atoms with Crippen LogP contribution in [0.15, 0.2) is 21.3 Å². The predicted molar refractivity (Wildman–Crippen MR) is 51.0 cm³/mol. The van der Waals surface area contributed by atoms with Crippen molar-refractivity contribution in [1.29, 1.82) is 0 Å². The van der Waals surface area contributed by atoms with Crippen LogP contribution in [0.2, 0.25) is 0 Å². The van der Waals surface area contributed by atoms with Gasteiger partial charge in [-0.15, -0.1) is 0 Å². The summed E-state index contributed by atoms with van der Waals surface area (Å²) >= 11 is 6.34. The molecule has 0 bridgehead atoms. The summed E-state index contributed by atoms with van der Waals surface area (Å²) < 4.78 is 1.27. The van der Waals surface area contributed by atoms with Gasteiger partial charge in [0.2, 0.25) is 0 Å². The normalized spacial score (nSPS) is 9.83. The Morgan fingerprint density at radius 3 is 2.33 bits per heavy atom. The van der Waals surface area contributed by atoms with Crippen LogP contribution >= 0.6 is 31.9 Å². The molecule has 0 amide bonds. The maximum atomic E-state index is 10.3. The van der Waals surface area contributed by atoms with E-state index in [0.717, 1.165) is 5.56 Å². The number of hydrogen-bond acceptors (Lipinski definition) is 2. The van der Waals surface area contributed by atoms with Crippen LogP contribution in [0.25, 0.3) is 0 Å². The van der Waals surface area contributed by atoms with E-state index < -0.39 is 5.97 Å². The van der Waals surface area contributed by atoms with Gasteiger partial charge in [0.25, 0.3) is 0 Å². The first kappa shape index (κ1) is 9.67. The number of hydrogen-bond donors (Lipinski definition) is 1. The van der Waals surface area contributed by atoms with E-state index in [0.29, 0.717) is 9.21 Å². The highest BCUT2D eigenvalue weighted by atomic mass is 79.9. The number of rotatable bonds is 2. The van der Waals surface area contributed by atoms with Gasteiger partial charge in [-0.2, -0.15) is 0 Å². The number of carboxylic acid groups (broad SMARTS) is 1. The Morgan fingerprint density at radius 1 is 1.42 bits per heavy atom. The third-order valence-corrected chi connectivity index (χ3v) is 1.99. The van der Waals surface area contributed by atoms with E-state index in [9.17, 15) is 4.79 Å². The highest BCUT2D eigenvalue weighted by Gasteiger charge is 2.02. The van der Waals surface area contributed by atoms with Crippen molar-refractivity contribution < 1.29 is 9.90 Å². The summed E-state index contributed by atoms with van der Waals surface area (Å²) in [6.07, 6.45) is 0.0136. The Kier molecular flexibility index (Phi) is 3.22. The van der Waals surface area contributed by atoms with Crippen molar-refractivity contribution in [3.63, 3.8) is 0 Å². The van der Waals surface area contributed by atoms with Crippen molar-refractivity contribution in [3.8, 4) is 0 Å². The summed E-state index contributed by atoms with van der Waals surface area (Å²) in [5.74, 6) is -0.847. The van der Waals surface area contributed by atoms with Crippen molar-refractivity contribution in [2.45, 2.75) is 6.42 Å². The molecule has 1 aromatic heterocycles. The van der Waals surface area contributed by atoms with Crippen LogP contribution < -0.4 is 0 Å². The molecule has 0 fully saturated rings. The Balaban J connectivity index is 2.93. The molecule has 0 spiro atoms. The number of nitrogens with zero attached hydrogens (tertiary/aromatic N) is 1. The lowest BCUT2D eigenvalue weighted by Gasteiger charge is -1.98. The molecule has 1 rings (SSSR count). The van der Waals surface area contributed by atoms with Crippen LogP contribution in [0, 0.1) is 0 Å². The largest absolute Gasteiger partial charge is 0.481 e. The molecule has 0 saturated heterocycles. The van der Waals surface area contributed by atoms with Crippen molar-refractivity contribution >= 4 is 37.8 Å². The summed E-state index contributed by atoms with van der Waals surface area (Å²) in [4.78, 5) is 14.3. The van der Waals surface area contributed by atoms with Crippen molar-refractivity contribution in [2.24, 2.45) is 0 Å². The fourth-order valence-corrected chi connectivity index (χ4v) is 2.00. The smallest absolute Gasteiger partial charge is 0.307 e. The summed E-state index contributed by atoms with van der Waals surface area (Å²) in [5, 5.41) is 8.50. The molecule has 12 heavy (non-hydrogen) atoms. The average Bonchev–Trinajstić information content (AvgIpc) is 1.81. The van der Waals surface area contributed by atoms with Gasteiger partial charge in [-0.3, -0.25) is 4.79 Å². The Hall–Kier alpha value is -0.420. The van der Waals surface area contributed by atoms with Crippen LogP contribution in [0.4, 0.5) is 0 Å². The molecular formula is C7H5Br2NO2. The van der Waals surface area contributed by atoms with Gasteiger partial charge in [-0.25, -0.2) is 4.98 Å². The second-order valence-electron chi connectivity index (χ2n) is 2.19. The SMILES string of the molecule is O=C(O)Cc1cc(Br)nc(Br)c1. The zero-order valence-electron chi connectivity index (χ0n) is 5.92. The lowest BCUT2D eigenvalue weighted by Crippen LogP contribution is -2.00. The molecule has 0 saturated carbocycles. The quantitative estimate of drug-likeness (QED) is 0.851. The molecule has 0 unspecified atom stereocenters. The van der Waals surface area contributed by atoms with Gasteiger partial charge in [0.1, 0.15) is 9.21 Å². The Morgan fingerprint density at radius 2 is 1.92 bits per heavy atom. The first-order valence-corrected chi connectivity index (χ1v) is 4.70. The molecule has 0 aromatic carbocycles. The number of aromatic nitrogens is 1. The topological polar surface area (TPSA) is 50.2 Å². The monoisotopic (exact) mass is 293 g/mol. The number of carbonyl (C=O) groups is 1. The van der Waals surface area contributed by atoms with E-state index in [1.54, 1.807) is 12.1 Å². The van der Waals surface area contributed by atoms with Crippen molar-refractivity contribution in [2.75, 3.05) is 0 Å². The van der Waals surface area contributed by atoms with E-state index in [1.807, 2.05) is 0 Å². The fourth-order valence-electron chi connectivity index (χ4n) is 0.791. The zero-order valence-corrected chi connectivity index (χ0v) is 9.09. The van der Waals surface area contributed by atoms with Crippen LogP contribution in [0.5, 0.6) is 0 Å². The second-order valence-corrected chi connectivity index (χ2v) is 3.82. The van der Waals surface area contributed by atoms with Crippen molar-refractivity contribution in [3.05, 3.63) is 26.9 Å². The van der Waals surface area contributed by atoms with Crippen LogP contribution in [-0.4, -0.2) is 16.1 Å². The van der Waals surface area contributed by atoms with Gasteiger partial charge in [-0.1, -0.05) is 0 Å². The van der Waals surface area contributed by atoms with Gasteiger partial charge in [0.05, 0.1) is 6.42 Å². The fraction of sp³-hybridized carbons (Fsp3) is 0.143. The summed E-state index contributed by atoms with van der Waals surface area (Å²) in [5.41, 5.74) is 0.719. The van der Waals surface area contributed by atoms with E-state index in [-0.39, 0.29) is 6.42 Å². The molecule has 1 N–H and O–H groups in total. The first-order chi connectivity index (χ1) is 5.58. The molecule has 0 aliphatic rings. The van der Waals surface area contributed by atoms with Crippen LogP contribution in [0.3, 0.4) is 0 Å². The summed E-state index contributed by atoms with van der Waals surface area (Å²) in [7, 11) is 0. The van der Waals surface area contributed by atoms with Crippen LogP contribution in [-0.2, 0) is 11.2 Å². The minimum atomic E-state index is -0.847. The van der Waals surface area contributed by atoms with E-state index in [4.69, 9.17) is 5.11 Å². The van der Waals surface area contributed by atoms with E-state index >= 15 is 0 Å². The van der Waals surface area contributed by atoms with E-state index in [1.165, 1.54) is 0 Å². The maximum absolute atomic E-state index is 10.3. The molecule has 0 aliphatic carbocycles. The van der Waals surface area contributed by atoms with Gasteiger partial charge in [-0.05, 0) is 49.6 Å². The lowest BCUT2D eigenvalue weighted by molar-refractivity contribution is -0.136. The van der Waals surface area contributed by atoms with Gasteiger partial charge < -0.3 is 5.11 Å². The first-order valence-electron chi connectivity index (χ1n) is 3.11. The molecule has 0 aliphatic heterocycles. The zero-order chi connectivity index (χ0) is 9.14. The van der Waals surface area contributed by atoms with Gasteiger partial charge >= 0.3 is 5.97 Å². The number of pyridine rings is 1. The maximum Gasteiger partial charge on any atom is 0.307 e. The van der Waals surface area contributed by atoms with Gasteiger partial charge in [0.15, 0.2) is 0 Å². The molecule has 3 nitrogen and oxygen atoms in total. The molecule has 0 atom stereocenters. The predicted octanol–water partition coefficient (Wildman–Crippen LogP) is 2.23. The Bertz CT molecular complexity index is 294. The highest BCUT2D eigenvalue weighted by molar-refractivity contribution is 9.11.